The Morgan fingerprint density at radius 3 is 2.66 bits per heavy atom. The number of rotatable bonds is 6. The second kappa shape index (κ2) is 9.13. The van der Waals surface area contributed by atoms with E-state index in [2.05, 4.69) is 24.0 Å². The van der Waals surface area contributed by atoms with Crippen molar-refractivity contribution in [1.82, 2.24) is 14.8 Å². The molecule has 0 spiro atoms. The van der Waals surface area contributed by atoms with Gasteiger partial charge in [-0.1, -0.05) is 30.7 Å². The SMILES string of the molecule is Cc1sc2c(c1C)C(c1ccc(Cl)cc1)=NC(CC(=O)OCC(C)CO)c1nnc(C)n1-2. The van der Waals surface area contributed by atoms with E-state index in [9.17, 15) is 9.90 Å². The Bertz CT molecular complexity index is 1180. The summed E-state index contributed by atoms with van der Waals surface area (Å²) in [6.45, 7) is 8.01. The maximum absolute atomic E-state index is 12.6. The summed E-state index contributed by atoms with van der Waals surface area (Å²) < 4.78 is 7.38. The van der Waals surface area contributed by atoms with Crippen LogP contribution in [0.1, 0.15) is 52.6 Å². The summed E-state index contributed by atoms with van der Waals surface area (Å²) in [6, 6.07) is 6.99. The van der Waals surface area contributed by atoms with E-state index in [1.165, 1.54) is 4.88 Å². The van der Waals surface area contributed by atoms with E-state index in [1.807, 2.05) is 42.7 Å². The van der Waals surface area contributed by atoms with Crippen molar-refractivity contribution in [3.63, 3.8) is 0 Å². The number of aryl methyl sites for hydroxylation is 2. The summed E-state index contributed by atoms with van der Waals surface area (Å²) in [4.78, 5) is 18.9. The van der Waals surface area contributed by atoms with Crippen LogP contribution in [0.15, 0.2) is 29.3 Å². The summed E-state index contributed by atoms with van der Waals surface area (Å²) in [6.07, 6.45) is 0.0281. The molecule has 7 nitrogen and oxygen atoms in total. The molecule has 1 N–H and O–H groups in total. The van der Waals surface area contributed by atoms with Crippen LogP contribution in [0.4, 0.5) is 0 Å². The Balaban J connectivity index is 1.83. The number of aromatic nitrogens is 3. The van der Waals surface area contributed by atoms with Crippen LogP contribution in [-0.4, -0.2) is 44.8 Å². The van der Waals surface area contributed by atoms with E-state index in [-0.39, 0.29) is 31.5 Å². The second-order valence-corrected chi connectivity index (χ2v) is 9.72. The standard InChI is InChI=1S/C23H25ClN4O3S/c1-12(10-29)11-31-19(30)9-18-22-27-26-15(4)28(22)23-20(13(2)14(3)32-23)21(25-18)16-5-7-17(24)8-6-16/h5-8,12,18,29H,9-11H2,1-4H3. The third-order valence-electron chi connectivity index (χ3n) is 5.56. The molecule has 2 aromatic heterocycles. The predicted octanol–water partition coefficient (Wildman–Crippen LogP) is 4.36. The minimum Gasteiger partial charge on any atom is -0.465 e. The molecule has 3 heterocycles. The number of nitrogens with zero attached hydrogens (tertiary/aromatic N) is 4. The van der Waals surface area contributed by atoms with Gasteiger partial charge in [-0.15, -0.1) is 21.5 Å². The van der Waals surface area contributed by atoms with Gasteiger partial charge in [0.2, 0.25) is 0 Å². The number of esters is 1. The second-order valence-electron chi connectivity index (χ2n) is 8.08. The molecule has 2 atom stereocenters. The number of aliphatic imine (C=N–C) groups is 1. The van der Waals surface area contributed by atoms with Crippen LogP contribution in [-0.2, 0) is 9.53 Å². The topological polar surface area (TPSA) is 89.6 Å². The molecule has 0 aliphatic carbocycles. The van der Waals surface area contributed by atoms with Gasteiger partial charge in [0, 0.05) is 33.6 Å². The van der Waals surface area contributed by atoms with Crippen molar-refractivity contribution in [3.05, 3.63) is 62.5 Å². The van der Waals surface area contributed by atoms with Gasteiger partial charge in [0.15, 0.2) is 5.82 Å². The summed E-state index contributed by atoms with van der Waals surface area (Å²) in [7, 11) is 0. The molecule has 168 valence electrons. The van der Waals surface area contributed by atoms with Crippen LogP contribution in [0.2, 0.25) is 5.02 Å². The van der Waals surface area contributed by atoms with Crippen LogP contribution in [0, 0.1) is 26.7 Å². The largest absolute Gasteiger partial charge is 0.465 e. The van der Waals surface area contributed by atoms with Gasteiger partial charge in [-0.25, -0.2) is 0 Å². The quantitative estimate of drug-likeness (QED) is 0.538. The Kier molecular flexibility index (Phi) is 6.46. The fourth-order valence-electron chi connectivity index (χ4n) is 3.64. The highest BCUT2D eigenvalue weighted by Crippen LogP contribution is 2.39. The van der Waals surface area contributed by atoms with E-state index in [0.717, 1.165) is 33.2 Å². The molecule has 0 saturated carbocycles. The first-order chi connectivity index (χ1) is 15.3. The zero-order chi connectivity index (χ0) is 23.0. The zero-order valence-corrected chi connectivity index (χ0v) is 20.0. The lowest BCUT2D eigenvalue weighted by atomic mass is 9.99. The van der Waals surface area contributed by atoms with Gasteiger partial charge < -0.3 is 9.84 Å². The number of thiophene rings is 1. The average molecular weight is 473 g/mol. The number of ether oxygens (including phenoxy) is 1. The van der Waals surface area contributed by atoms with Crippen molar-refractivity contribution in [1.29, 1.82) is 0 Å². The monoisotopic (exact) mass is 472 g/mol. The summed E-state index contributed by atoms with van der Waals surface area (Å²) >= 11 is 7.79. The Labute approximate surface area is 195 Å². The smallest absolute Gasteiger partial charge is 0.308 e. The number of hydrogen-bond acceptors (Lipinski definition) is 7. The van der Waals surface area contributed by atoms with Gasteiger partial charge in [-0.05, 0) is 38.5 Å². The fraction of sp³-hybridized carbons (Fsp3) is 0.391. The number of aliphatic hydroxyl groups excluding tert-OH is 1. The number of fused-ring (bicyclic) bond motifs is 3. The van der Waals surface area contributed by atoms with Gasteiger partial charge in [-0.3, -0.25) is 14.4 Å². The minimum absolute atomic E-state index is 0.0281. The zero-order valence-electron chi connectivity index (χ0n) is 18.4. The molecule has 1 aliphatic rings. The maximum atomic E-state index is 12.6. The molecule has 0 amide bonds. The lowest BCUT2D eigenvalue weighted by molar-refractivity contribution is -0.145. The van der Waals surface area contributed by atoms with Crippen LogP contribution in [0.25, 0.3) is 5.00 Å². The normalized spacial score (nSPS) is 16.1. The van der Waals surface area contributed by atoms with Crippen molar-refractivity contribution < 1.29 is 14.6 Å². The highest BCUT2D eigenvalue weighted by Gasteiger charge is 2.32. The van der Waals surface area contributed by atoms with E-state index < -0.39 is 6.04 Å². The number of carbonyl (C=O) groups is 1. The first-order valence-corrected chi connectivity index (χ1v) is 11.6. The highest BCUT2D eigenvalue weighted by atomic mass is 35.5. The first kappa shape index (κ1) is 22.6. The van der Waals surface area contributed by atoms with E-state index >= 15 is 0 Å². The van der Waals surface area contributed by atoms with Gasteiger partial charge in [-0.2, -0.15) is 0 Å². The van der Waals surface area contributed by atoms with Crippen LogP contribution in [0.5, 0.6) is 0 Å². The van der Waals surface area contributed by atoms with Gasteiger partial charge in [0.1, 0.15) is 16.9 Å². The number of carbonyl (C=O) groups excluding carboxylic acids is 1. The van der Waals surface area contributed by atoms with Gasteiger partial charge in [0.25, 0.3) is 0 Å². The third kappa shape index (κ3) is 4.22. The lowest BCUT2D eigenvalue weighted by Gasteiger charge is -2.14. The molecule has 9 heteroatoms. The molecule has 1 aromatic carbocycles. The molecule has 0 bridgehead atoms. The fourth-order valence-corrected chi connectivity index (χ4v) is 4.98. The van der Waals surface area contributed by atoms with Gasteiger partial charge >= 0.3 is 5.97 Å². The van der Waals surface area contributed by atoms with Crippen molar-refractivity contribution in [3.8, 4) is 5.00 Å². The number of halogens is 1. The average Bonchev–Trinajstić information content (AvgIpc) is 3.25. The van der Waals surface area contributed by atoms with Crippen LogP contribution >= 0.6 is 22.9 Å². The lowest BCUT2D eigenvalue weighted by Crippen LogP contribution is -2.17. The Hall–Kier alpha value is -2.55. The predicted molar refractivity (Wildman–Crippen MR) is 125 cm³/mol. The molecular formula is C23H25ClN4O3S. The number of hydrogen-bond donors (Lipinski definition) is 1. The maximum Gasteiger partial charge on any atom is 0.308 e. The van der Waals surface area contributed by atoms with E-state index in [4.69, 9.17) is 21.3 Å². The summed E-state index contributed by atoms with van der Waals surface area (Å²) in [5.74, 6) is 0.841. The van der Waals surface area contributed by atoms with Gasteiger partial charge in [0.05, 0.1) is 18.7 Å². The van der Waals surface area contributed by atoms with Crippen molar-refractivity contribution >= 4 is 34.6 Å². The summed E-state index contributed by atoms with van der Waals surface area (Å²) in [5.41, 5.74) is 3.87. The van der Waals surface area contributed by atoms with E-state index in [1.54, 1.807) is 11.3 Å². The molecule has 3 aromatic rings. The minimum atomic E-state index is -0.557. The van der Waals surface area contributed by atoms with Crippen LogP contribution < -0.4 is 0 Å². The molecule has 0 radical (unpaired) electrons. The molecular weight excluding hydrogens is 448 g/mol. The molecule has 1 aliphatic heterocycles. The third-order valence-corrected chi connectivity index (χ3v) is 7.00. The Morgan fingerprint density at radius 1 is 1.25 bits per heavy atom. The molecule has 2 unspecified atom stereocenters. The number of aliphatic hydroxyl groups is 1. The van der Waals surface area contributed by atoms with Crippen molar-refractivity contribution in [2.24, 2.45) is 10.9 Å². The number of benzene rings is 1. The highest BCUT2D eigenvalue weighted by molar-refractivity contribution is 7.15. The molecule has 0 fully saturated rings. The molecule has 0 saturated heterocycles. The molecule has 4 rings (SSSR count). The van der Waals surface area contributed by atoms with E-state index in [0.29, 0.717) is 10.8 Å². The molecule has 32 heavy (non-hydrogen) atoms. The van der Waals surface area contributed by atoms with Crippen molar-refractivity contribution in [2.75, 3.05) is 13.2 Å². The summed E-state index contributed by atoms with van der Waals surface area (Å²) in [5, 5.41) is 19.5. The van der Waals surface area contributed by atoms with Crippen molar-refractivity contribution in [2.45, 2.75) is 40.2 Å². The first-order valence-electron chi connectivity index (χ1n) is 10.4. The Morgan fingerprint density at radius 2 is 1.97 bits per heavy atom. The van der Waals surface area contributed by atoms with Crippen LogP contribution in [0.3, 0.4) is 0 Å².